The summed E-state index contributed by atoms with van der Waals surface area (Å²) >= 11 is 1.67. The van der Waals surface area contributed by atoms with Crippen LogP contribution in [0, 0.1) is 5.92 Å². The van der Waals surface area contributed by atoms with Crippen LogP contribution in [0.4, 0.5) is 0 Å². The van der Waals surface area contributed by atoms with Crippen LogP contribution >= 0.6 is 11.3 Å². The van der Waals surface area contributed by atoms with E-state index in [1.165, 1.54) is 5.56 Å². The molecular formula is C16H23N3S. The van der Waals surface area contributed by atoms with Crippen molar-refractivity contribution in [2.45, 2.75) is 40.2 Å². The van der Waals surface area contributed by atoms with Crippen LogP contribution in [0.2, 0.25) is 0 Å². The zero-order valence-electron chi connectivity index (χ0n) is 12.7. The predicted molar refractivity (Wildman–Crippen MR) is 86.0 cm³/mol. The van der Waals surface area contributed by atoms with Crippen LogP contribution in [0.3, 0.4) is 0 Å². The molecule has 1 aromatic carbocycles. The highest BCUT2D eigenvalue weighted by Gasteiger charge is 2.07. The first-order chi connectivity index (χ1) is 9.56. The third kappa shape index (κ3) is 4.12. The highest BCUT2D eigenvalue weighted by Crippen LogP contribution is 2.25. The van der Waals surface area contributed by atoms with Gasteiger partial charge in [-0.05, 0) is 23.9 Å². The van der Waals surface area contributed by atoms with Gasteiger partial charge in [-0.1, -0.05) is 63.3 Å². The summed E-state index contributed by atoms with van der Waals surface area (Å²) < 4.78 is 0. The summed E-state index contributed by atoms with van der Waals surface area (Å²) in [5, 5.41) is 14.0. The second-order valence-corrected chi connectivity index (χ2v) is 6.86. The molecule has 2 rings (SSSR count). The van der Waals surface area contributed by atoms with Gasteiger partial charge in [-0.3, -0.25) is 0 Å². The summed E-state index contributed by atoms with van der Waals surface area (Å²) in [7, 11) is 0. The molecule has 0 aliphatic rings. The molecule has 3 nitrogen and oxygen atoms in total. The van der Waals surface area contributed by atoms with Gasteiger partial charge in [0, 0.05) is 12.1 Å². The Morgan fingerprint density at radius 3 is 2.35 bits per heavy atom. The molecule has 1 aromatic heterocycles. The molecule has 0 unspecified atom stereocenters. The molecule has 0 bridgehead atoms. The van der Waals surface area contributed by atoms with E-state index in [4.69, 9.17) is 0 Å². The number of benzene rings is 1. The number of nitrogens with one attached hydrogen (secondary N) is 1. The molecular weight excluding hydrogens is 266 g/mol. The minimum atomic E-state index is 0.564. The number of hydrogen-bond acceptors (Lipinski definition) is 4. The molecule has 0 atom stereocenters. The molecule has 0 radical (unpaired) electrons. The second kappa shape index (κ2) is 6.95. The van der Waals surface area contributed by atoms with E-state index in [2.05, 4.69) is 67.5 Å². The highest BCUT2D eigenvalue weighted by atomic mass is 32.1. The zero-order valence-corrected chi connectivity index (χ0v) is 13.5. The minimum absolute atomic E-state index is 0.564. The van der Waals surface area contributed by atoms with Crippen LogP contribution < -0.4 is 5.32 Å². The molecule has 2 aromatic rings. The summed E-state index contributed by atoms with van der Waals surface area (Å²) in [5.74, 6) is 1.22. The average molecular weight is 289 g/mol. The molecule has 0 fully saturated rings. The van der Waals surface area contributed by atoms with Crippen LogP contribution in [0.25, 0.3) is 10.6 Å². The fourth-order valence-electron chi connectivity index (χ4n) is 1.92. The van der Waals surface area contributed by atoms with Crippen LogP contribution in [-0.2, 0) is 6.54 Å². The molecule has 0 aliphatic carbocycles. The summed E-state index contributed by atoms with van der Waals surface area (Å²) in [6.07, 6.45) is 0. The normalized spacial score (nSPS) is 11.5. The number of nitrogens with zero attached hydrogens (tertiary/aromatic N) is 2. The van der Waals surface area contributed by atoms with Crippen LogP contribution in [-0.4, -0.2) is 16.7 Å². The van der Waals surface area contributed by atoms with E-state index >= 15 is 0 Å². The number of hydrogen-bond donors (Lipinski definition) is 1. The lowest BCUT2D eigenvalue weighted by atomic mass is 10.0. The van der Waals surface area contributed by atoms with E-state index in [0.717, 1.165) is 28.7 Å². The van der Waals surface area contributed by atoms with E-state index in [1.807, 2.05) is 0 Å². The van der Waals surface area contributed by atoms with E-state index in [0.29, 0.717) is 11.8 Å². The fourth-order valence-corrected chi connectivity index (χ4v) is 2.73. The largest absolute Gasteiger partial charge is 0.310 e. The van der Waals surface area contributed by atoms with Gasteiger partial charge in [-0.25, -0.2) is 0 Å². The highest BCUT2D eigenvalue weighted by molar-refractivity contribution is 7.14. The van der Waals surface area contributed by atoms with Crippen molar-refractivity contribution in [3.8, 4) is 10.6 Å². The van der Waals surface area contributed by atoms with E-state index < -0.39 is 0 Å². The molecule has 108 valence electrons. The zero-order chi connectivity index (χ0) is 14.5. The summed E-state index contributed by atoms with van der Waals surface area (Å²) in [6.45, 7) is 10.6. The molecule has 0 saturated carbocycles. The van der Waals surface area contributed by atoms with Gasteiger partial charge in [-0.2, -0.15) is 0 Å². The fraction of sp³-hybridized carbons (Fsp3) is 0.500. The van der Waals surface area contributed by atoms with Gasteiger partial charge in [0.2, 0.25) is 0 Å². The van der Waals surface area contributed by atoms with Crippen molar-refractivity contribution < 1.29 is 0 Å². The Morgan fingerprint density at radius 2 is 1.75 bits per heavy atom. The first-order valence-electron chi connectivity index (χ1n) is 7.19. The standard InChI is InChI=1S/C16H23N3S/c1-11(2)9-17-10-15-18-19-16(20-15)14-7-5-13(6-8-14)12(3)4/h5-8,11-12,17H,9-10H2,1-4H3. The molecule has 4 heteroatoms. The first-order valence-corrected chi connectivity index (χ1v) is 8.01. The third-order valence-corrected chi connectivity index (χ3v) is 4.09. The summed E-state index contributed by atoms with van der Waals surface area (Å²) in [6, 6.07) is 8.64. The SMILES string of the molecule is CC(C)CNCc1nnc(-c2ccc(C(C)C)cc2)s1. The maximum atomic E-state index is 4.29. The van der Waals surface area contributed by atoms with Gasteiger partial charge in [-0.15, -0.1) is 10.2 Å². The molecule has 1 heterocycles. The van der Waals surface area contributed by atoms with Gasteiger partial charge < -0.3 is 5.32 Å². The molecule has 0 aliphatic heterocycles. The van der Waals surface area contributed by atoms with Crippen molar-refractivity contribution in [3.05, 3.63) is 34.8 Å². The van der Waals surface area contributed by atoms with Crippen LogP contribution in [0.1, 0.15) is 44.2 Å². The minimum Gasteiger partial charge on any atom is -0.310 e. The first kappa shape index (κ1) is 15.1. The van der Waals surface area contributed by atoms with Crippen molar-refractivity contribution in [1.82, 2.24) is 15.5 Å². The quantitative estimate of drug-likeness (QED) is 0.871. The molecule has 20 heavy (non-hydrogen) atoms. The molecule has 0 spiro atoms. The summed E-state index contributed by atoms with van der Waals surface area (Å²) in [4.78, 5) is 0. The Bertz CT molecular complexity index is 529. The van der Waals surface area contributed by atoms with Gasteiger partial charge >= 0.3 is 0 Å². The topological polar surface area (TPSA) is 37.8 Å². The number of aromatic nitrogens is 2. The second-order valence-electron chi connectivity index (χ2n) is 5.80. The lowest BCUT2D eigenvalue weighted by Crippen LogP contribution is -2.18. The van der Waals surface area contributed by atoms with Crippen molar-refractivity contribution >= 4 is 11.3 Å². The van der Waals surface area contributed by atoms with Crippen molar-refractivity contribution in [2.75, 3.05) is 6.54 Å². The van der Waals surface area contributed by atoms with Crippen molar-refractivity contribution in [3.63, 3.8) is 0 Å². The maximum absolute atomic E-state index is 4.29. The van der Waals surface area contributed by atoms with Gasteiger partial charge in [0.25, 0.3) is 0 Å². The average Bonchev–Trinajstić information content (AvgIpc) is 2.87. The van der Waals surface area contributed by atoms with Gasteiger partial charge in [0.05, 0.1) is 0 Å². The Labute approximate surface area is 125 Å². The van der Waals surface area contributed by atoms with Crippen molar-refractivity contribution in [2.24, 2.45) is 5.92 Å². The van der Waals surface area contributed by atoms with E-state index in [1.54, 1.807) is 11.3 Å². The van der Waals surface area contributed by atoms with Gasteiger partial charge in [0.1, 0.15) is 10.0 Å². The Hall–Kier alpha value is -1.26. The van der Waals surface area contributed by atoms with Crippen molar-refractivity contribution in [1.29, 1.82) is 0 Å². The Kier molecular flexibility index (Phi) is 5.26. The Balaban J connectivity index is 2.01. The van der Waals surface area contributed by atoms with Crippen LogP contribution in [0.5, 0.6) is 0 Å². The lowest BCUT2D eigenvalue weighted by Gasteiger charge is -2.05. The lowest BCUT2D eigenvalue weighted by molar-refractivity contribution is 0.550. The predicted octanol–water partition coefficient (Wildman–Crippen LogP) is 4.07. The van der Waals surface area contributed by atoms with Crippen LogP contribution in [0.15, 0.2) is 24.3 Å². The van der Waals surface area contributed by atoms with Gasteiger partial charge in [0.15, 0.2) is 0 Å². The van der Waals surface area contributed by atoms with E-state index in [-0.39, 0.29) is 0 Å². The molecule has 1 N–H and O–H groups in total. The monoisotopic (exact) mass is 289 g/mol. The molecule has 0 saturated heterocycles. The molecule has 0 amide bonds. The third-order valence-electron chi connectivity index (χ3n) is 3.12. The number of rotatable bonds is 6. The maximum Gasteiger partial charge on any atom is 0.147 e. The smallest absolute Gasteiger partial charge is 0.147 e. The summed E-state index contributed by atoms with van der Waals surface area (Å²) in [5.41, 5.74) is 2.51. The Morgan fingerprint density at radius 1 is 1.05 bits per heavy atom. The van der Waals surface area contributed by atoms with E-state index in [9.17, 15) is 0 Å².